The molecule has 1 atom stereocenters. The number of rotatable bonds is 5. The lowest BCUT2D eigenvalue weighted by Gasteiger charge is -2.15. The highest BCUT2D eigenvalue weighted by Gasteiger charge is 2.39. The van der Waals surface area contributed by atoms with Crippen molar-refractivity contribution in [2.45, 2.75) is 23.8 Å². The van der Waals surface area contributed by atoms with E-state index in [9.17, 15) is 13.2 Å². The molecule has 0 bridgehead atoms. The van der Waals surface area contributed by atoms with E-state index >= 15 is 0 Å². The summed E-state index contributed by atoms with van der Waals surface area (Å²) >= 11 is 6.35. The Balaban J connectivity index is 2.31. The Morgan fingerprint density at radius 3 is 2.53 bits per heavy atom. The standard InChI is InChI=1S/C11H11Br2NO4S/c12-7-3-4-8(13)9(5-7)19(17,18)14-10(11(15)16)6-1-2-6/h3-6,10,14H,1-2H2,(H,15,16). The summed E-state index contributed by atoms with van der Waals surface area (Å²) in [5.41, 5.74) is 0. The quantitative estimate of drug-likeness (QED) is 0.777. The number of hydrogen-bond donors (Lipinski definition) is 2. The molecule has 0 heterocycles. The van der Waals surface area contributed by atoms with Crippen molar-refractivity contribution in [3.8, 4) is 0 Å². The number of carboxylic acids is 1. The number of carbonyl (C=O) groups is 1. The number of benzene rings is 1. The lowest BCUT2D eigenvalue weighted by Crippen LogP contribution is -2.42. The van der Waals surface area contributed by atoms with Crippen molar-refractivity contribution in [3.63, 3.8) is 0 Å². The van der Waals surface area contributed by atoms with Crippen LogP contribution in [-0.4, -0.2) is 25.5 Å². The van der Waals surface area contributed by atoms with Gasteiger partial charge in [-0.15, -0.1) is 0 Å². The molecular formula is C11H11Br2NO4S. The maximum Gasteiger partial charge on any atom is 0.322 e. The van der Waals surface area contributed by atoms with Crippen LogP contribution in [0.5, 0.6) is 0 Å². The van der Waals surface area contributed by atoms with Crippen LogP contribution in [0.1, 0.15) is 12.8 Å². The third-order valence-corrected chi connectivity index (χ3v) is 5.75. The average molecular weight is 413 g/mol. The second kappa shape index (κ2) is 5.51. The summed E-state index contributed by atoms with van der Waals surface area (Å²) in [5, 5.41) is 9.07. The SMILES string of the molecule is O=C(O)C(NS(=O)(=O)c1cc(Br)ccc1Br)C1CC1. The molecule has 104 valence electrons. The Kier molecular flexibility index (Phi) is 4.34. The molecule has 19 heavy (non-hydrogen) atoms. The van der Waals surface area contributed by atoms with Crippen LogP contribution in [0.2, 0.25) is 0 Å². The first-order valence-electron chi connectivity index (χ1n) is 5.51. The summed E-state index contributed by atoms with van der Waals surface area (Å²) in [4.78, 5) is 11.1. The van der Waals surface area contributed by atoms with E-state index in [0.717, 1.165) is 12.8 Å². The topological polar surface area (TPSA) is 83.5 Å². The molecule has 1 aliphatic rings. The minimum absolute atomic E-state index is 0.0220. The smallest absolute Gasteiger partial charge is 0.322 e. The first-order chi connectivity index (χ1) is 8.81. The van der Waals surface area contributed by atoms with Crippen LogP contribution < -0.4 is 4.72 Å². The maximum absolute atomic E-state index is 12.2. The fourth-order valence-corrected chi connectivity index (χ4v) is 4.45. The van der Waals surface area contributed by atoms with Crippen LogP contribution >= 0.6 is 31.9 Å². The summed E-state index contributed by atoms with van der Waals surface area (Å²) < 4.78 is 27.7. The summed E-state index contributed by atoms with van der Waals surface area (Å²) in [5.74, 6) is -1.25. The van der Waals surface area contributed by atoms with Crippen LogP contribution in [-0.2, 0) is 14.8 Å². The van der Waals surface area contributed by atoms with E-state index in [1.54, 1.807) is 12.1 Å². The Bertz CT molecular complexity index is 613. The first kappa shape index (κ1) is 15.0. The molecule has 0 aliphatic heterocycles. The Morgan fingerprint density at radius 2 is 2.00 bits per heavy atom. The van der Waals surface area contributed by atoms with Gasteiger partial charge in [0.05, 0.1) is 4.90 Å². The van der Waals surface area contributed by atoms with Gasteiger partial charge in [0, 0.05) is 8.95 Å². The first-order valence-corrected chi connectivity index (χ1v) is 8.58. The van der Waals surface area contributed by atoms with E-state index in [2.05, 4.69) is 36.6 Å². The van der Waals surface area contributed by atoms with Crippen LogP contribution in [0.15, 0.2) is 32.0 Å². The molecule has 0 saturated heterocycles. The van der Waals surface area contributed by atoms with Crippen molar-refractivity contribution in [3.05, 3.63) is 27.1 Å². The lowest BCUT2D eigenvalue weighted by molar-refractivity contribution is -0.139. The molecule has 0 amide bonds. The van der Waals surface area contributed by atoms with Crippen molar-refractivity contribution < 1.29 is 18.3 Å². The van der Waals surface area contributed by atoms with Gasteiger partial charge in [0.25, 0.3) is 0 Å². The van der Waals surface area contributed by atoms with E-state index in [4.69, 9.17) is 5.11 Å². The van der Waals surface area contributed by atoms with Crippen molar-refractivity contribution in [1.82, 2.24) is 4.72 Å². The zero-order valence-electron chi connectivity index (χ0n) is 9.64. The fourth-order valence-electron chi connectivity index (χ4n) is 1.69. The molecule has 1 saturated carbocycles. The highest BCUT2D eigenvalue weighted by molar-refractivity contribution is 9.11. The van der Waals surface area contributed by atoms with Gasteiger partial charge in [-0.3, -0.25) is 4.79 Å². The molecule has 1 fully saturated rings. The summed E-state index contributed by atoms with van der Waals surface area (Å²) in [6.07, 6.45) is 1.47. The molecule has 2 N–H and O–H groups in total. The van der Waals surface area contributed by atoms with Crippen molar-refractivity contribution in [1.29, 1.82) is 0 Å². The molecule has 8 heteroatoms. The average Bonchev–Trinajstić information content (AvgIpc) is 3.13. The van der Waals surface area contributed by atoms with Crippen molar-refractivity contribution in [2.75, 3.05) is 0 Å². The third kappa shape index (κ3) is 3.56. The normalized spacial score (nSPS) is 17.2. The minimum atomic E-state index is -3.87. The third-order valence-electron chi connectivity index (χ3n) is 2.82. The highest BCUT2D eigenvalue weighted by atomic mass is 79.9. The maximum atomic E-state index is 12.2. The molecule has 2 rings (SSSR count). The van der Waals surface area contributed by atoms with Gasteiger partial charge in [-0.25, -0.2) is 8.42 Å². The molecule has 0 aromatic heterocycles. The predicted molar refractivity (Wildman–Crippen MR) is 76.3 cm³/mol. The van der Waals surface area contributed by atoms with Gasteiger partial charge in [0.1, 0.15) is 6.04 Å². The van der Waals surface area contributed by atoms with Gasteiger partial charge in [-0.05, 0) is 52.9 Å². The number of nitrogens with one attached hydrogen (secondary N) is 1. The van der Waals surface area contributed by atoms with E-state index in [-0.39, 0.29) is 10.8 Å². The molecule has 1 aliphatic carbocycles. The molecule has 1 aromatic carbocycles. The zero-order valence-corrected chi connectivity index (χ0v) is 13.6. The summed E-state index contributed by atoms with van der Waals surface area (Å²) in [6.45, 7) is 0. The summed E-state index contributed by atoms with van der Waals surface area (Å²) in [7, 11) is -3.87. The Morgan fingerprint density at radius 1 is 1.37 bits per heavy atom. The van der Waals surface area contributed by atoms with Gasteiger partial charge in [0.2, 0.25) is 10.0 Å². The number of sulfonamides is 1. The van der Waals surface area contributed by atoms with E-state index in [0.29, 0.717) is 8.95 Å². The molecular weight excluding hydrogens is 402 g/mol. The highest BCUT2D eigenvalue weighted by Crippen LogP contribution is 2.34. The molecule has 1 unspecified atom stereocenters. The molecule has 0 spiro atoms. The predicted octanol–water partition coefficient (Wildman–Crippen LogP) is 2.35. The Hall–Kier alpha value is -0.440. The van der Waals surface area contributed by atoms with Crippen LogP contribution in [0.4, 0.5) is 0 Å². The van der Waals surface area contributed by atoms with E-state index < -0.39 is 22.0 Å². The Labute approximate surface area is 127 Å². The molecule has 5 nitrogen and oxygen atoms in total. The van der Waals surface area contributed by atoms with Gasteiger partial charge in [-0.2, -0.15) is 4.72 Å². The van der Waals surface area contributed by atoms with Crippen LogP contribution in [0.3, 0.4) is 0 Å². The number of hydrogen-bond acceptors (Lipinski definition) is 3. The van der Waals surface area contributed by atoms with E-state index in [1.165, 1.54) is 6.07 Å². The zero-order chi connectivity index (χ0) is 14.2. The largest absolute Gasteiger partial charge is 0.480 e. The number of aliphatic carboxylic acids is 1. The molecule has 1 aromatic rings. The van der Waals surface area contributed by atoms with Gasteiger partial charge in [0.15, 0.2) is 0 Å². The summed E-state index contributed by atoms with van der Waals surface area (Å²) in [6, 6.07) is 3.65. The molecule has 0 radical (unpaired) electrons. The lowest BCUT2D eigenvalue weighted by atomic mass is 10.2. The van der Waals surface area contributed by atoms with Gasteiger partial charge in [-0.1, -0.05) is 15.9 Å². The van der Waals surface area contributed by atoms with Crippen molar-refractivity contribution in [2.24, 2.45) is 5.92 Å². The van der Waals surface area contributed by atoms with E-state index in [1.807, 2.05) is 0 Å². The number of carboxylic acid groups (broad SMARTS) is 1. The fraction of sp³-hybridized carbons (Fsp3) is 0.364. The second-order valence-electron chi connectivity index (χ2n) is 4.35. The van der Waals surface area contributed by atoms with Crippen LogP contribution in [0.25, 0.3) is 0 Å². The minimum Gasteiger partial charge on any atom is -0.480 e. The number of halogens is 2. The van der Waals surface area contributed by atoms with Gasteiger partial charge >= 0.3 is 5.97 Å². The van der Waals surface area contributed by atoms with Gasteiger partial charge < -0.3 is 5.11 Å². The van der Waals surface area contributed by atoms with Crippen molar-refractivity contribution >= 4 is 47.9 Å². The monoisotopic (exact) mass is 411 g/mol. The second-order valence-corrected chi connectivity index (χ2v) is 7.80. The van der Waals surface area contributed by atoms with Crippen LogP contribution in [0, 0.1) is 5.92 Å².